The molecule has 1 aliphatic rings. The molecule has 29 heavy (non-hydrogen) atoms. The van der Waals surface area contributed by atoms with Gasteiger partial charge in [0.2, 0.25) is 0 Å². The summed E-state index contributed by atoms with van der Waals surface area (Å²) in [6.07, 6.45) is 0. The fraction of sp³-hybridized carbons (Fsp3) is 0.348. The number of hydrogen-bond donors (Lipinski definition) is 1. The summed E-state index contributed by atoms with van der Waals surface area (Å²) in [4.78, 5) is 38.4. The molecule has 0 atom stereocenters. The second kappa shape index (κ2) is 7.03. The highest BCUT2D eigenvalue weighted by Crippen LogP contribution is 2.33. The topological polar surface area (TPSA) is 81.7 Å². The van der Waals surface area contributed by atoms with Crippen molar-refractivity contribution in [3.63, 3.8) is 0 Å². The maximum atomic E-state index is 12.9. The van der Waals surface area contributed by atoms with E-state index in [1.165, 1.54) is 0 Å². The SMILES string of the molecule is CC(C)(C)OC(=O)C(C(=O)OC(C)(C)C)=C1NC(=O)c2cc3ccccc3cc21. The van der Waals surface area contributed by atoms with E-state index >= 15 is 0 Å². The molecular weight excluding hydrogens is 370 g/mol. The average Bonchev–Trinajstić information content (AvgIpc) is 2.86. The van der Waals surface area contributed by atoms with Crippen LogP contribution in [-0.4, -0.2) is 29.0 Å². The second-order valence-electron chi connectivity index (χ2n) is 8.95. The molecule has 0 saturated heterocycles. The number of amides is 1. The van der Waals surface area contributed by atoms with E-state index in [2.05, 4.69) is 5.32 Å². The third kappa shape index (κ3) is 4.47. The lowest BCUT2D eigenvalue weighted by Crippen LogP contribution is -2.33. The van der Waals surface area contributed by atoms with E-state index in [1.807, 2.05) is 24.3 Å². The molecule has 1 N–H and O–H groups in total. The lowest BCUT2D eigenvalue weighted by Gasteiger charge is -2.24. The molecular formula is C23H25NO5. The van der Waals surface area contributed by atoms with Crippen LogP contribution in [0.3, 0.4) is 0 Å². The first-order valence-corrected chi connectivity index (χ1v) is 9.41. The lowest BCUT2D eigenvalue weighted by molar-refractivity contribution is -0.158. The first-order chi connectivity index (χ1) is 13.4. The van der Waals surface area contributed by atoms with Gasteiger partial charge in [-0.15, -0.1) is 0 Å². The molecule has 152 valence electrons. The van der Waals surface area contributed by atoms with Gasteiger partial charge in [0.05, 0.1) is 5.70 Å². The summed E-state index contributed by atoms with van der Waals surface area (Å²) in [5.41, 5.74) is -0.986. The number of fused-ring (bicyclic) bond motifs is 2. The normalized spacial score (nSPS) is 13.7. The van der Waals surface area contributed by atoms with E-state index < -0.39 is 23.1 Å². The highest BCUT2D eigenvalue weighted by molar-refractivity contribution is 6.25. The van der Waals surface area contributed by atoms with Gasteiger partial charge in [-0.3, -0.25) is 4.79 Å². The molecule has 0 fully saturated rings. The van der Waals surface area contributed by atoms with Gasteiger partial charge in [0.1, 0.15) is 11.2 Å². The van der Waals surface area contributed by atoms with Gasteiger partial charge < -0.3 is 14.8 Å². The minimum atomic E-state index is -0.844. The predicted molar refractivity (Wildman–Crippen MR) is 110 cm³/mol. The van der Waals surface area contributed by atoms with Crippen LogP contribution < -0.4 is 5.32 Å². The Labute approximate surface area is 169 Å². The number of esters is 2. The molecule has 0 spiro atoms. The third-order valence-corrected chi connectivity index (χ3v) is 4.09. The van der Waals surface area contributed by atoms with Crippen molar-refractivity contribution in [1.29, 1.82) is 0 Å². The minimum absolute atomic E-state index is 0.110. The summed E-state index contributed by atoms with van der Waals surface area (Å²) >= 11 is 0. The van der Waals surface area contributed by atoms with Gasteiger partial charge >= 0.3 is 11.9 Å². The molecule has 3 rings (SSSR count). The van der Waals surface area contributed by atoms with Crippen LogP contribution >= 0.6 is 0 Å². The maximum absolute atomic E-state index is 12.9. The summed E-state index contributed by atoms with van der Waals surface area (Å²) in [7, 11) is 0. The summed E-state index contributed by atoms with van der Waals surface area (Å²) in [5, 5.41) is 4.44. The molecule has 0 unspecified atom stereocenters. The van der Waals surface area contributed by atoms with Gasteiger partial charge in [0.15, 0.2) is 5.57 Å². The number of ether oxygens (including phenoxy) is 2. The Morgan fingerprint density at radius 1 is 0.793 bits per heavy atom. The Bertz CT molecular complexity index is 1020. The molecule has 1 amide bonds. The molecule has 6 heteroatoms. The molecule has 0 bridgehead atoms. The van der Waals surface area contributed by atoms with Crippen LogP contribution in [0, 0.1) is 0 Å². The quantitative estimate of drug-likeness (QED) is 0.360. The molecule has 6 nitrogen and oxygen atoms in total. The van der Waals surface area contributed by atoms with Gasteiger partial charge in [-0.05, 0) is 64.4 Å². The van der Waals surface area contributed by atoms with Crippen molar-refractivity contribution in [3.8, 4) is 0 Å². The standard InChI is InChI=1S/C23H25NO5/c1-22(2,3)28-20(26)17(21(27)29-23(4,5)6)18-15-11-13-9-7-8-10-14(13)12-16(15)19(25)24-18/h7-12H,1-6H3,(H,24,25). The van der Waals surface area contributed by atoms with Crippen LogP contribution in [0.5, 0.6) is 0 Å². The average molecular weight is 395 g/mol. The van der Waals surface area contributed by atoms with Crippen LogP contribution in [0.15, 0.2) is 42.0 Å². The molecule has 0 aliphatic carbocycles. The zero-order valence-corrected chi connectivity index (χ0v) is 17.5. The largest absolute Gasteiger partial charge is 0.456 e. The minimum Gasteiger partial charge on any atom is -0.456 e. The monoisotopic (exact) mass is 395 g/mol. The van der Waals surface area contributed by atoms with Gasteiger partial charge in [-0.25, -0.2) is 9.59 Å². The molecule has 1 heterocycles. The summed E-state index contributed by atoms with van der Waals surface area (Å²) in [6.45, 7) is 10.2. The first kappa shape index (κ1) is 20.6. The van der Waals surface area contributed by atoms with Gasteiger partial charge in [0, 0.05) is 11.1 Å². The summed E-state index contributed by atoms with van der Waals surface area (Å²) in [6, 6.07) is 11.1. The highest BCUT2D eigenvalue weighted by Gasteiger charge is 2.37. The van der Waals surface area contributed by atoms with E-state index in [0.29, 0.717) is 11.1 Å². The Morgan fingerprint density at radius 3 is 1.69 bits per heavy atom. The van der Waals surface area contributed by atoms with Crippen LogP contribution in [0.1, 0.15) is 57.5 Å². The van der Waals surface area contributed by atoms with Crippen molar-refractivity contribution in [2.24, 2.45) is 0 Å². The number of carbonyl (C=O) groups excluding carboxylic acids is 3. The number of nitrogens with one attached hydrogen (secondary N) is 1. The van der Waals surface area contributed by atoms with Gasteiger partial charge in [0.25, 0.3) is 5.91 Å². The molecule has 0 radical (unpaired) electrons. The zero-order valence-electron chi connectivity index (χ0n) is 17.5. The summed E-state index contributed by atoms with van der Waals surface area (Å²) in [5.74, 6) is -2.07. The Kier molecular flexibility index (Phi) is 4.99. The van der Waals surface area contributed by atoms with Crippen molar-refractivity contribution in [2.45, 2.75) is 52.7 Å². The molecule has 2 aromatic carbocycles. The van der Waals surface area contributed by atoms with Gasteiger partial charge in [-0.1, -0.05) is 24.3 Å². The second-order valence-corrected chi connectivity index (χ2v) is 8.95. The highest BCUT2D eigenvalue weighted by atomic mass is 16.6. The number of rotatable bonds is 2. The van der Waals surface area contributed by atoms with E-state index in [1.54, 1.807) is 53.7 Å². The fourth-order valence-corrected chi connectivity index (χ4v) is 3.03. The number of benzene rings is 2. The molecule has 1 aliphatic heterocycles. The fourth-order valence-electron chi connectivity index (χ4n) is 3.03. The van der Waals surface area contributed by atoms with Crippen LogP contribution in [0.4, 0.5) is 0 Å². The van der Waals surface area contributed by atoms with Crippen molar-refractivity contribution in [1.82, 2.24) is 5.32 Å². The van der Waals surface area contributed by atoms with E-state index in [9.17, 15) is 14.4 Å². The number of hydrogen-bond acceptors (Lipinski definition) is 5. The predicted octanol–water partition coefficient (Wildman–Crippen LogP) is 3.98. The molecule has 0 aromatic heterocycles. The summed E-state index contributed by atoms with van der Waals surface area (Å²) < 4.78 is 10.9. The zero-order chi connectivity index (χ0) is 21.6. The Balaban J connectivity index is 2.21. The van der Waals surface area contributed by atoms with E-state index in [4.69, 9.17) is 9.47 Å². The van der Waals surface area contributed by atoms with Crippen LogP contribution in [-0.2, 0) is 19.1 Å². The Morgan fingerprint density at radius 2 is 1.24 bits per heavy atom. The maximum Gasteiger partial charge on any atom is 0.348 e. The third-order valence-electron chi connectivity index (χ3n) is 4.09. The lowest BCUT2D eigenvalue weighted by atomic mass is 9.99. The van der Waals surface area contributed by atoms with Crippen molar-refractivity contribution < 1.29 is 23.9 Å². The van der Waals surface area contributed by atoms with Crippen molar-refractivity contribution in [3.05, 3.63) is 53.1 Å². The van der Waals surface area contributed by atoms with Crippen LogP contribution in [0.25, 0.3) is 16.5 Å². The number of carbonyl (C=O) groups is 3. The smallest absolute Gasteiger partial charge is 0.348 e. The van der Waals surface area contributed by atoms with Gasteiger partial charge in [-0.2, -0.15) is 0 Å². The van der Waals surface area contributed by atoms with Crippen LogP contribution in [0.2, 0.25) is 0 Å². The Hall–Kier alpha value is -3.15. The van der Waals surface area contributed by atoms with E-state index in [0.717, 1.165) is 10.8 Å². The van der Waals surface area contributed by atoms with Crippen molar-refractivity contribution >= 4 is 34.3 Å². The first-order valence-electron chi connectivity index (χ1n) is 9.41. The molecule has 0 saturated carbocycles. The van der Waals surface area contributed by atoms with Crippen molar-refractivity contribution in [2.75, 3.05) is 0 Å². The molecule has 2 aromatic rings. The van der Waals surface area contributed by atoms with E-state index in [-0.39, 0.29) is 17.2 Å².